The molecule has 0 saturated carbocycles. The van der Waals surface area contributed by atoms with Crippen molar-refractivity contribution in [3.63, 3.8) is 0 Å². The van der Waals surface area contributed by atoms with Gasteiger partial charge in [0.05, 0.1) is 12.9 Å². The van der Waals surface area contributed by atoms with Crippen molar-refractivity contribution in [2.75, 3.05) is 19.4 Å². The molecule has 0 aromatic heterocycles. The molecule has 0 aliphatic carbocycles. The number of fused-ring (bicyclic) bond motifs is 1. The highest BCUT2D eigenvalue weighted by molar-refractivity contribution is 8.00. The zero-order valence-corrected chi connectivity index (χ0v) is 18.0. The number of nitrogens with one attached hydrogen (secondary N) is 1. The van der Waals surface area contributed by atoms with Gasteiger partial charge in [-0.3, -0.25) is 4.79 Å². The highest BCUT2D eigenvalue weighted by Crippen LogP contribution is 2.47. The molecule has 0 spiro atoms. The van der Waals surface area contributed by atoms with Crippen LogP contribution in [0.3, 0.4) is 0 Å². The summed E-state index contributed by atoms with van der Waals surface area (Å²) < 4.78 is 11.5. The van der Waals surface area contributed by atoms with Crippen molar-refractivity contribution in [2.45, 2.75) is 37.5 Å². The average Bonchev–Trinajstić information content (AvgIpc) is 2.66. The fourth-order valence-corrected chi connectivity index (χ4v) is 4.73. The van der Waals surface area contributed by atoms with Crippen molar-refractivity contribution in [3.05, 3.63) is 58.6 Å². The first-order valence-corrected chi connectivity index (χ1v) is 10.8. The van der Waals surface area contributed by atoms with Gasteiger partial charge in [-0.05, 0) is 56.2 Å². The first kappa shape index (κ1) is 20.9. The predicted molar refractivity (Wildman–Crippen MR) is 116 cm³/mol. The maximum Gasteiger partial charge on any atom is 0.230 e. The molecular weight excluding hydrogens is 394 g/mol. The van der Waals surface area contributed by atoms with Gasteiger partial charge in [-0.15, -0.1) is 11.8 Å². The van der Waals surface area contributed by atoms with Crippen molar-refractivity contribution in [1.29, 1.82) is 0 Å². The van der Waals surface area contributed by atoms with Crippen molar-refractivity contribution >= 4 is 29.3 Å². The second-order valence-electron chi connectivity index (χ2n) is 7.50. The van der Waals surface area contributed by atoms with Crippen molar-refractivity contribution < 1.29 is 14.3 Å². The number of methoxy groups -OCH3 is 1. The Balaban J connectivity index is 1.54. The van der Waals surface area contributed by atoms with E-state index in [0.29, 0.717) is 12.3 Å². The van der Waals surface area contributed by atoms with Gasteiger partial charge in [0.15, 0.2) is 0 Å². The first-order chi connectivity index (χ1) is 13.4. The first-order valence-electron chi connectivity index (χ1n) is 9.36. The van der Waals surface area contributed by atoms with Crippen LogP contribution in [0, 0.1) is 0 Å². The van der Waals surface area contributed by atoms with E-state index in [2.05, 4.69) is 19.2 Å². The maximum atomic E-state index is 12.3. The number of hydrogen-bond acceptors (Lipinski definition) is 4. The SMILES string of the molecule is COc1ccc2c(c1)[C@H](SCC(=O)NCCc1ccc(Cl)cc1)CC(C)(C)O2. The molecule has 2 aromatic carbocycles. The van der Waals surface area contributed by atoms with Gasteiger partial charge in [0.25, 0.3) is 0 Å². The minimum absolute atomic E-state index is 0.0488. The predicted octanol–water partition coefficient (Wildman–Crippen LogP) is 5.04. The summed E-state index contributed by atoms with van der Waals surface area (Å²) in [5, 5.41) is 3.92. The second-order valence-corrected chi connectivity index (χ2v) is 9.12. The summed E-state index contributed by atoms with van der Waals surface area (Å²) in [7, 11) is 1.66. The summed E-state index contributed by atoms with van der Waals surface area (Å²) in [6.45, 7) is 4.78. The van der Waals surface area contributed by atoms with E-state index in [1.165, 1.54) is 0 Å². The van der Waals surface area contributed by atoms with E-state index in [0.717, 1.165) is 40.5 Å². The van der Waals surface area contributed by atoms with Gasteiger partial charge in [0.2, 0.25) is 5.91 Å². The minimum Gasteiger partial charge on any atom is -0.497 e. The molecule has 1 N–H and O–H groups in total. The number of hydrogen-bond donors (Lipinski definition) is 1. The van der Waals surface area contributed by atoms with E-state index in [1.54, 1.807) is 18.9 Å². The van der Waals surface area contributed by atoms with Crippen LogP contribution in [0.25, 0.3) is 0 Å². The zero-order valence-electron chi connectivity index (χ0n) is 16.5. The van der Waals surface area contributed by atoms with E-state index in [-0.39, 0.29) is 16.8 Å². The molecule has 1 heterocycles. The highest BCUT2D eigenvalue weighted by atomic mass is 35.5. The van der Waals surface area contributed by atoms with E-state index in [1.807, 2.05) is 42.5 Å². The van der Waals surface area contributed by atoms with Gasteiger partial charge in [-0.1, -0.05) is 23.7 Å². The topological polar surface area (TPSA) is 47.6 Å². The van der Waals surface area contributed by atoms with Crippen LogP contribution in [-0.2, 0) is 11.2 Å². The van der Waals surface area contributed by atoms with Crippen LogP contribution < -0.4 is 14.8 Å². The van der Waals surface area contributed by atoms with E-state index in [4.69, 9.17) is 21.1 Å². The number of rotatable bonds is 7. The van der Waals surface area contributed by atoms with Crippen LogP contribution in [0.4, 0.5) is 0 Å². The van der Waals surface area contributed by atoms with Gasteiger partial charge in [-0.2, -0.15) is 0 Å². The Bertz CT molecular complexity index is 823. The monoisotopic (exact) mass is 419 g/mol. The van der Waals surface area contributed by atoms with Gasteiger partial charge >= 0.3 is 0 Å². The Kier molecular flexibility index (Phi) is 6.78. The van der Waals surface area contributed by atoms with Crippen LogP contribution in [0.1, 0.15) is 36.6 Å². The number of amides is 1. The van der Waals surface area contributed by atoms with Crippen LogP contribution in [-0.4, -0.2) is 30.9 Å². The fraction of sp³-hybridized carbons (Fsp3) is 0.409. The number of halogens is 1. The summed E-state index contributed by atoms with van der Waals surface area (Å²) in [5.41, 5.74) is 1.99. The Morgan fingerprint density at radius 3 is 2.75 bits per heavy atom. The quantitative estimate of drug-likeness (QED) is 0.682. The number of carbonyl (C=O) groups is 1. The molecule has 0 saturated heterocycles. The average molecular weight is 420 g/mol. The molecule has 4 nitrogen and oxygen atoms in total. The smallest absolute Gasteiger partial charge is 0.230 e. The van der Waals surface area contributed by atoms with Gasteiger partial charge in [-0.25, -0.2) is 0 Å². The Morgan fingerprint density at radius 2 is 2.04 bits per heavy atom. The molecule has 0 fully saturated rings. The molecule has 0 bridgehead atoms. The highest BCUT2D eigenvalue weighted by Gasteiger charge is 2.34. The van der Waals surface area contributed by atoms with E-state index in [9.17, 15) is 4.79 Å². The standard InChI is InChI=1S/C22H26ClNO3S/c1-22(2)13-20(18-12-17(26-3)8-9-19(18)27-22)28-14-21(25)24-11-10-15-4-6-16(23)7-5-15/h4-9,12,20H,10-11,13-14H2,1-3H3,(H,24,25)/t20-/m1/s1. The third-order valence-corrected chi connectivity index (χ3v) is 6.20. The molecule has 6 heteroatoms. The number of benzene rings is 2. The summed E-state index contributed by atoms with van der Waals surface area (Å²) in [5.74, 6) is 2.14. The molecule has 2 aromatic rings. The fourth-order valence-electron chi connectivity index (χ4n) is 3.27. The minimum atomic E-state index is -0.260. The molecular formula is C22H26ClNO3S. The maximum absolute atomic E-state index is 12.3. The van der Waals surface area contributed by atoms with Crippen molar-refractivity contribution in [1.82, 2.24) is 5.32 Å². The third kappa shape index (κ3) is 5.58. The summed E-state index contributed by atoms with van der Waals surface area (Å²) in [6, 6.07) is 13.6. The second kappa shape index (κ2) is 9.10. The lowest BCUT2D eigenvalue weighted by Gasteiger charge is -2.37. The number of carbonyl (C=O) groups excluding carboxylic acids is 1. The molecule has 0 unspecified atom stereocenters. The van der Waals surface area contributed by atoms with Crippen LogP contribution >= 0.6 is 23.4 Å². The van der Waals surface area contributed by atoms with Gasteiger partial charge in [0.1, 0.15) is 17.1 Å². The summed E-state index contributed by atoms with van der Waals surface area (Å²) in [4.78, 5) is 12.3. The molecule has 1 atom stereocenters. The summed E-state index contributed by atoms with van der Waals surface area (Å²) >= 11 is 7.55. The van der Waals surface area contributed by atoms with Gasteiger partial charge in [0, 0.05) is 28.8 Å². The van der Waals surface area contributed by atoms with E-state index >= 15 is 0 Å². The zero-order chi connectivity index (χ0) is 20.1. The normalized spacial score (nSPS) is 17.4. The third-order valence-electron chi connectivity index (χ3n) is 4.69. The lowest BCUT2D eigenvalue weighted by molar-refractivity contribution is -0.118. The van der Waals surface area contributed by atoms with Crippen LogP contribution in [0.2, 0.25) is 5.02 Å². The molecule has 3 rings (SSSR count). The Labute approximate surface area is 175 Å². The van der Waals surface area contributed by atoms with E-state index < -0.39 is 0 Å². The molecule has 1 aliphatic rings. The van der Waals surface area contributed by atoms with Crippen molar-refractivity contribution in [3.8, 4) is 11.5 Å². The molecule has 0 radical (unpaired) electrons. The number of ether oxygens (including phenoxy) is 2. The Morgan fingerprint density at radius 1 is 1.29 bits per heavy atom. The largest absolute Gasteiger partial charge is 0.497 e. The molecule has 1 aliphatic heterocycles. The number of thioether (sulfide) groups is 1. The Hall–Kier alpha value is -1.85. The lowest BCUT2D eigenvalue weighted by Crippen LogP contribution is -2.34. The lowest BCUT2D eigenvalue weighted by atomic mass is 9.93. The van der Waals surface area contributed by atoms with Crippen LogP contribution in [0.15, 0.2) is 42.5 Å². The van der Waals surface area contributed by atoms with Crippen LogP contribution in [0.5, 0.6) is 11.5 Å². The molecule has 150 valence electrons. The van der Waals surface area contributed by atoms with Gasteiger partial charge < -0.3 is 14.8 Å². The summed E-state index contributed by atoms with van der Waals surface area (Å²) in [6.07, 6.45) is 1.63. The van der Waals surface area contributed by atoms with Crippen molar-refractivity contribution in [2.24, 2.45) is 0 Å². The molecule has 28 heavy (non-hydrogen) atoms. The molecule has 1 amide bonds.